The van der Waals surface area contributed by atoms with E-state index in [1.54, 1.807) is 12.1 Å². The molecule has 2 aromatic heterocycles. The molecule has 0 fully saturated rings. The van der Waals surface area contributed by atoms with Crippen LogP contribution < -0.4 is 10.5 Å². The Morgan fingerprint density at radius 2 is 2.00 bits per heavy atom. The monoisotopic (exact) mass is 309 g/mol. The summed E-state index contributed by atoms with van der Waals surface area (Å²) in [6.07, 6.45) is 0. The van der Waals surface area contributed by atoms with Gasteiger partial charge in [-0.15, -0.1) is 0 Å². The summed E-state index contributed by atoms with van der Waals surface area (Å²) in [7, 11) is 2.34. The zero-order valence-corrected chi connectivity index (χ0v) is 12.2. The van der Waals surface area contributed by atoms with Crippen molar-refractivity contribution in [1.82, 2.24) is 4.57 Å². The fraction of sp³-hybridized carbons (Fsp3) is 0.0833. The highest BCUT2D eigenvalue weighted by Crippen LogP contribution is 2.21. The van der Waals surface area contributed by atoms with E-state index in [1.165, 1.54) is 21.0 Å². The third kappa shape index (κ3) is 2.09. The van der Waals surface area contributed by atoms with Gasteiger partial charge in [0, 0.05) is 17.5 Å². The maximum absolute atomic E-state index is 11.7. The molecule has 0 saturated heterocycles. The van der Waals surface area contributed by atoms with Gasteiger partial charge in [0.25, 0.3) is 0 Å². The second kappa shape index (κ2) is 4.52. The summed E-state index contributed by atoms with van der Waals surface area (Å²) in [5.41, 5.74) is 1.52. The summed E-state index contributed by atoms with van der Waals surface area (Å²) < 4.78 is 7.09. The summed E-state index contributed by atoms with van der Waals surface area (Å²) in [5.74, 6) is 0. The molecule has 96 valence electrons. The number of rotatable bonds is 1. The topological polar surface area (TPSA) is 52.2 Å². The SMILES string of the molecule is Cc1cc(=O)oc2cc(-n3c(=O)ssc3=S)ccc12. The summed E-state index contributed by atoms with van der Waals surface area (Å²) in [4.78, 5) is 23.0. The number of nitrogens with zero attached hydrogens (tertiary/aromatic N) is 1. The number of fused-ring (bicyclic) bond motifs is 1. The fourth-order valence-corrected chi connectivity index (χ4v) is 4.05. The van der Waals surface area contributed by atoms with Gasteiger partial charge in [-0.2, -0.15) is 0 Å². The van der Waals surface area contributed by atoms with Crippen LogP contribution in [0.3, 0.4) is 0 Å². The Morgan fingerprint density at radius 3 is 2.68 bits per heavy atom. The molecule has 0 spiro atoms. The van der Waals surface area contributed by atoms with Crippen LogP contribution in [0.1, 0.15) is 5.56 Å². The fourth-order valence-electron chi connectivity index (χ4n) is 1.88. The van der Waals surface area contributed by atoms with E-state index >= 15 is 0 Å². The van der Waals surface area contributed by atoms with E-state index in [2.05, 4.69) is 0 Å². The molecule has 0 atom stereocenters. The molecule has 1 aromatic carbocycles. The van der Waals surface area contributed by atoms with E-state index in [9.17, 15) is 9.59 Å². The Morgan fingerprint density at radius 1 is 1.21 bits per heavy atom. The van der Waals surface area contributed by atoms with Crippen LogP contribution >= 0.6 is 32.9 Å². The molecule has 3 aromatic rings. The maximum atomic E-state index is 11.7. The molecule has 3 rings (SSSR count). The lowest BCUT2D eigenvalue weighted by Crippen LogP contribution is -2.10. The van der Waals surface area contributed by atoms with Crippen molar-refractivity contribution < 1.29 is 4.42 Å². The Balaban J connectivity index is 2.37. The van der Waals surface area contributed by atoms with Gasteiger partial charge < -0.3 is 4.42 Å². The van der Waals surface area contributed by atoms with Crippen LogP contribution in [0.2, 0.25) is 0 Å². The molecule has 0 unspecified atom stereocenters. The zero-order chi connectivity index (χ0) is 13.6. The molecule has 0 amide bonds. The number of benzene rings is 1. The third-order valence-corrected chi connectivity index (χ3v) is 5.38. The van der Waals surface area contributed by atoms with Crippen LogP contribution in [0.4, 0.5) is 0 Å². The molecule has 0 N–H and O–H groups in total. The van der Waals surface area contributed by atoms with E-state index in [0.29, 0.717) is 15.2 Å². The molecule has 0 saturated carbocycles. The maximum Gasteiger partial charge on any atom is 0.336 e. The molecule has 0 aliphatic rings. The minimum Gasteiger partial charge on any atom is -0.423 e. The van der Waals surface area contributed by atoms with Crippen molar-refractivity contribution in [1.29, 1.82) is 0 Å². The first-order valence-electron chi connectivity index (χ1n) is 5.33. The first-order valence-corrected chi connectivity index (χ1v) is 7.89. The van der Waals surface area contributed by atoms with Crippen LogP contribution in [0.25, 0.3) is 16.7 Å². The average Bonchev–Trinajstić information content (AvgIpc) is 2.68. The summed E-state index contributed by atoms with van der Waals surface area (Å²) in [6.45, 7) is 1.84. The van der Waals surface area contributed by atoms with Gasteiger partial charge in [-0.25, -0.2) is 9.36 Å². The standard InChI is InChI=1S/C12H7NO3S3/c1-6-4-10(14)16-9-5-7(2-3-8(6)9)13-11(15)18-19-12(13)17/h2-5H,1H3. The smallest absolute Gasteiger partial charge is 0.336 e. The van der Waals surface area contributed by atoms with E-state index in [1.807, 2.05) is 13.0 Å². The van der Waals surface area contributed by atoms with Gasteiger partial charge in [-0.1, -0.05) is 0 Å². The van der Waals surface area contributed by atoms with Gasteiger partial charge in [-0.05, 0) is 57.5 Å². The lowest BCUT2D eigenvalue weighted by Gasteiger charge is -2.04. The van der Waals surface area contributed by atoms with E-state index in [-0.39, 0.29) is 4.87 Å². The number of aryl methyl sites for hydroxylation is 1. The van der Waals surface area contributed by atoms with Crippen molar-refractivity contribution in [3.8, 4) is 5.69 Å². The molecule has 19 heavy (non-hydrogen) atoms. The Bertz CT molecular complexity index is 917. The number of hydrogen-bond donors (Lipinski definition) is 0. The minimum absolute atomic E-state index is 0.135. The molecule has 2 heterocycles. The lowest BCUT2D eigenvalue weighted by atomic mass is 10.1. The van der Waals surface area contributed by atoms with Crippen molar-refractivity contribution in [2.45, 2.75) is 6.92 Å². The van der Waals surface area contributed by atoms with E-state index in [4.69, 9.17) is 16.6 Å². The zero-order valence-electron chi connectivity index (χ0n) is 9.71. The Hall–Kier alpha value is -1.57. The summed E-state index contributed by atoms with van der Waals surface area (Å²) in [5, 5.41) is 0.848. The van der Waals surface area contributed by atoms with Crippen LogP contribution in [0.5, 0.6) is 0 Å². The van der Waals surface area contributed by atoms with Crippen molar-refractivity contribution >= 4 is 43.9 Å². The molecule has 7 heteroatoms. The predicted molar refractivity (Wildman–Crippen MR) is 79.4 cm³/mol. The number of aromatic nitrogens is 1. The largest absolute Gasteiger partial charge is 0.423 e. The molecular formula is C12H7NO3S3. The van der Waals surface area contributed by atoms with Crippen molar-refractivity contribution in [3.05, 3.63) is 53.9 Å². The van der Waals surface area contributed by atoms with Gasteiger partial charge >= 0.3 is 10.5 Å². The van der Waals surface area contributed by atoms with Crippen LogP contribution in [-0.2, 0) is 0 Å². The first kappa shape index (κ1) is 12.5. The molecule has 0 aliphatic carbocycles. The molecule has 0 bridgehead atoms. The average molecular weight is 309 g/mol. The van der Waals surface area contributed by atoms with Crippen molar-refractivity contribution in [3.63, 3.8) is 0 Å². The summed E-state index contributed by atoms with van der Waals surface area (Å²) in [6, 6.07) is 6.73. The second-order valence-corrected chi connectivity index (χ2v) is 6.68. The van der Waals surface area contributed by atoms with Gasteiger partial charge in [0.05, 0.1) is 5.69 Å². The first-order chi connectivity index (χ1) is 9.06. The van der Waals surface area contributed by atoms with E-state index < -0.39 is 5.63 Å². The van der Waals surface area contributed by atoms with Crippen LogP contribution in [-0.4, -0.2) is 4.57 Å². The highest BCUT2D eigenvalue weighted by Gasteiger charge is 2.08. The quantitative estimate of drug-likeness (QED) is 0.394. The van der Waals surface area contributed by atoms with Crippen molar-refractivity contribution in [2.24, 2.45) is 0 Å². The third-order valence-electron chi connectivity index (χ3n) is 2.74. The number of hydrogen-bond acceptors (Lipinski definition) is 6. The van der Waals surface area contributed by atoms with Gasteiger partial charge in [0.1, 0.15) is 5.58 Å². The Labute approximate surface area is 119 Å². The van der Waals surface area contributed by atoms with Crippen molar-refractivity contribution in [2.75, 3.05) is 0 Å². The predicted octanol–water partition coefficient (Wildman–Crippen LogP) is 3.10. The van der Waals surface area contributed by atoms with Gasteiger partial charge in [0.15, 0.2) is 3.95 Å². The highest BCUT2D eigenvalue weighted by molar-refractivity contribution is 7.79. The van der Waals surface area contributed by atoms with Gasteiger partial charge in [-0.3, -0.25) is 4.79 Å². The highest BCUT2D eigenvalue weighted by atomic mass is 32.9. The Kier molecular flexibility index (Phi) is 2.96. The molecule has 4 nitrogen and oxygen atoms in total. The van der Waals surface area contributed by atoms with Crippen LogP contribution in [0.15, 0.2) is 38.3 Å². The molecule has 0 aliphatic heterocycles. The molecule has 0 radical (unpaired) electrons. The van der Waals surface area contributed by atoms with Crippen LogP contribution in [0, 0.1) is 10.9 Å². The summed E-state index contributed by atoms with van der Waals surface area (Å²) >= 11 is 5.13. The van der Waals surface area contributed by atoms with E-state index in [0.717, 1.165) is 21.3 Å². The normalized spacial score (nSPS) is 11.0. The van der Waals surface area contributed by atoms with Gasteiger partial charge in [0.2, 0.25) is 0 Å². The minimum atomic E-state index is -0.402. The molecular weight excluding hydrogens is 302 g/mol. The lowest BCUT2D eigenvalue weighted by molar-refractivity contribution is 0.559. The second-order valence-electron chi connectivity index (χ2n) is 3.96.